The maximum absolute atomic E-state index is 9.56. The van der Waals surface area contributed by atoms with E-state index in [9.17, 15) is 5.11 Å². The lowest BCUT2D eigenvalue weighted by molar-refractivity contribution is -0.167. The van der Waals surface area contributed by atoms with Gasteiger partial charge >= 0.3 is 0 Å². The van der Waals surface area contributed by atoms with Crippen LogP contribution in [0.2, 0.25) is 5.02 Å². The second-order valence-corrected chi connectivity index (χ2v) is 4.67. The van der Waals surface area contributed by atoms with Gasteiger partial charge in [-0.25, -0.2) is 0 Å². The molecule has 1 aliphatic rings. The highest BCUT2D eigenvalue weighted by molar-refractivity contribution is 6.32. The number of halogens is 1. The van der Waals surface area contributed by atoms with Crippen LogP contribution in [0.25, 0.3) is 0 Å². The van der Waals surface area contributed by atoms with Gasteiger partial charge in [0, 0.05) is 5.56 Å². The number of aromatic hydroxyl groups is 1. The van der Waals surface area contributed by atoms with Crippen LogP contribution < -0.4 is 0 Å². The van der Waals surface area contributed by atoms with Gasteiger partial charge in [-0.15, -0.1) is 0 Å². The zero-order chi connectivity index (χ0) is 11.9. The molecular weight excluding hydrogens is 228 g/mol. The molecule has 1 unspecified atom stereocenters. The van der Waals surface area contributed by atoms with Gasteiger partial charge in [-0.1, -0.05) is 17.7 Å². The Morgan fingerprint density at radius 1 is 1.25 bits per heavy atom. The van der Waals surface area contributed by atoms with E-state index in [1.54, 1.807) is 18.2 Å². The molecule has 1 heterocycles. The van der Waals surface area contributed by atoms with Crippen LogP contribution in [0.3, 0.4) is 0 Å². The summed E-state index contributed by atoms with van der Waals surface area (Å²) in [5.74, 6) is -0.763. The molecule has 1 saturated heterocycles. The molecule has 0 spiro atoms. The van der Waals surface area contributed by atoms with Crippen LogP contribution in [0.5, 0.6) is 5.75 Å². The maximum atomic E-state index is 9.56. The minimum Gasteiger partial charge on any atom is -0.506 e. The Kier molecular flexibility index (Phi) is 2.86. The molecule has 88 valence electrons. The van der Waals surface area contributed by atoms with Crippen LogP contribution in [0, 0.1) is 0 Å². The third-order valence-electron chi connectivity index (χ3n) is 2.95. The van der Waals surface area contributed by atoms with Crippen LogP contribution in [0.4, 0.5) is 0 Å². The number of rotatable bonds is 1. The first-order chi connectivity index (χ1) is 7.42. The molecule has 1 N–H and O–H groups in total. The Morgan fingerprint density at radius 2 is 1.81 bits per heavy atom. The lowest BCUT2D eigenvalue weighted by Gasteiger charge is -2.23. The van der Waals surface area contributed by atoms with Crippen LogP contribution in [-0.2, 0) is 15.3 Å². The molecule has 3 nitrogen and oxygen atoms in total. The molecule has 1 fully saturated rings. The van der Waals surface area contributed by atoms with Crippen molar-refractivity contribution in [3.05, 3.63) is 28.8 Å². The van der Waals surface area contributed by atoms with Gasteiger partial charge < -0.3 is 14.6 Å². The zero-order valence-electron chi connectivity index (χ0n) is 9.53. The molecule has 4 heteroatoms. The third-order valence-corrected chi connectivity index (χ3v) is 3.27. The van der Waals surface area contributed by atoms with Crippen molar-refractivity contribution in [2.75, 3.05) is 0 Å². The molecule has 1 aliphatic heterocycles. The van der Waals surface area contributed by atoms with Crippen LogP contribution in [0.15, 0.2) is 18.2 Å². The summed E-state index contributed by atoms with van der Waals surface area (Å²) in [6.45, 7) is 5.77. The fourth-order valence-corrected chi connectivity index (χ4v) is 1.98. The predicted molar refractivity (Wildman–Crippen MR) is 61.6 cm³/mol. The van der Waals surface area contributed by atoms with Gasteiger partial charge in [0.1, 0.15) is 5.75 Å². The highest BCUT2D eigenvalue weighted by Crippen LogP contribution is 2.39. The Hall–Kier alpha value is -0.770. The van der Waals surface area contributed by atoms with Crippen LogP contribution in [0.1, 0.15) is 26.3 Å². The summed E-state index contributed by atoms with van der Waals surface area (Å²) >= 11 is 5.76. The molecule has 0 aromatic heterocycles. The van der Waals surface area contributed by atoms with Crippen molar-refractivity contribution in [2.24, 2.45) is 0 Å². The lowest BCUT2D eigenvalue weighted by atomic mass is 10.1. The third kappa shape index (κ3) is 1.90. The van der Waals surface area contributed by atoms with E-state index in [2.05, 4.69) is 0 Å². The molecule has 0 amide bonds. The average molecular weight is 243 g/mol. The van der Waals surface area contributed by atoms with Crippen molar-refractivity contribution in [1.82, 2.24) is 0 Å². The Bertz CT molecular complexity index is 395. The van der Waals surface area contributed by atoms with Crippen LogP contribution in [-0.4, -0.2) is 17.3 Å². The van der Waals surface area contributed by atoms with E-state index < -0.39 is 5.79 Å². The molecule has 0 aliphatic carbocycles. The second-order valence-electron chi connectivity index (χ2n) is 4.26. The predicted octanol–water partition coefficient (Wildman–Crippen LogP) is 3.04. The van der Waals surface area contributed by atoms with Gasteiger partial charge in [-0.2, -0.15) is 0 Å². The Morgan fingerprint density at radius 3 is 2.31 bits per heavy atom. The smallest absolute Gasteiger partial charge is 0.192 e. The first-order valence-electron chi connectivity index (χ1n) is 5.27. The number of phenols is 1. The molecule has 1 aromatic carbocycles. The van der Waals surface area contributed by atoms with Gasteiger partial charge in [0.2, 0.25) is 0 Å². The van der Waals surface area contributed by atoms with Crippen molar-refractivity contribution in [2.45, 2.75) is 38.8 Å². The molecule has 2 rings (SSSR count). The SMILES string of the molecule is C[C@@H]1OC(C)(c2ccc(Cl)c(O)c2)O[C@@H]1C. The largest absolute Gasteiger partial charge is 0.506 e. The van der Waals surface area contributed by atoms with Crippen molar-refractivity contribution in [3.63, 3.8) is 0 Å². The fourth-order valence-electron chi connectivity index (χ4n) is 1.86. The minimum absolute atomic E-state index is 0.0304. The van der Waals surface area contributed by atoms with Crippen molar-refractivity contribution in [1.29, 1.82) is 0 Å². The fraction of sp³-hybridized carbons (Fsp3) is 0.500. The summed E-state index contributed by atoms with van der Waals surface area (Å²) in [7, 11) is 0. The number of ether oxygens (including phenoxy) is 2. The molecule has 3 atom stereocenters. The van der Waals surface area contributed by atoms with E-state index in [1.807, 2.05) is 20.8 Å². The highest BCUT2D eigenvalue weighted by atomic mass is 35.5. The molecular formula is C12H15ClO3. The van der Waals surface area contributed by atoms with Crippen LogP contribution >= 0.6 is 11.6 Å². The highest BCUT2D eigenvalue weighted by Gasteiger charge is 2.41. The van der Waals surface area contributed by atoms with Crippen molar-refractivity contribution >= 4 is 11.6 Å². The van der Waals surface area contributed by atoms with E-state index in [4.69, 9.17) is 21.1 Å². The number of benzene rings is 1. The van der Waals surface area contributed by atoms with Gasteiger partial charge in [-0.05, 0) is 32.9 Å². The molecule has 16 heavy (non-hydrogen) atoms. The number of hydrogen-bond acceptors (Lipinski definition) is 3. The molecule has 0 radical (unpaired) electrons. The van der Waals surface area contributed by atoms with E-state index >= 15 is 0 Å². The van der Waals surface area contributed by atoms with Gasteiger partial charge in [0.25, 0.3) is 0 Å². The monoisotopic (exact) mass is 242 g/mol. The van der Waals surface area contributed by atoms with E-state index in [1.165, 1.54) is 0 Å². The topological polar surface area (TPSA) is 38.7 Å². The van der Waals surface area contributed by atoms with Gasteiger partial charge in [0.05, 0.1) is 17.2 Å². The van der Waals surface area contributed by atoms with E-state index in [0.717, 1.165) is 5.56 Å². The molecule has 1 aromatic rings. The maximum Gasteiger partial charge on any atom is 0.192 e. The quantitative estimate of drug-likeness (QED) is 0.823. The van der Waals surface area contributed by atoms with Crippen molar-refractivity contribution in [3.8, 4) is 5.75 Å². The summed E-state index contributed by atoms with van der Waals surface area (Å²) < 4.78 is 11.5. The second kappa shape index (κ2) is 3.91. The summed E-state index contributed by atoms with van der Waals surface area (Å²) in [6.07, 6.45) is 0.0608. The zero-order valence-corrected chi connectivity index (χ0v) is 10.3. The molecule has 0 bridgehead atoms. The summed E-state index contributed by atoms with van der Waals surface area (Å²) in [4.78, 5) is 0. The average Bonchev–Trinajstić information content (AvgIpc) is 2.46. The van der Waals surface area contributed by atoms with E-state index in [-0.39, 0.29) is 18.0 Å². The lowest BCUT2D eigenvalue weighted by Crippen LogP contribution is -2.23. The first kappa shape index (κ1) is 11.7. The van der Waals surface area contributed by atoms with E-state index in [0.29, 0.717) is 5.02 Å². The number of phenolic OH excluding ortho intramolecular Hbond substituents is 1. The first-order valence-corrected chi connectivity index (χ1v) is 5.65. The summed E-state index contributed by atoms with van der Waals surface area (Å²) in [5.41, 5.74) is 0.769. The molecule has 0 saturated carbocycles. The summed E-state index contributed by atoms with van der Waals surface area (Å²) in [5, 5.41) is 9.89. The number of hydrogen-bond donors (Lipinski definition) is 1. The normalized spacial score (nSPS) is 34.2. The standard InChI is InChI=1S/C12H15ClO3/c1-7-8(2)16-12(3,15-7)9-4-5-10(13)11(14)6-9/h4-8,14H,1-3H3/t7-,8+,12?. The summed E-state index contributed by atoms with van der Waals surface area (Å²) in [6, 6.07) is 5.01. The minimum atomic E-state index is -0.805. The Labute approximate surface area is 99.9 Å². The Balaban J connectivity index is 2.34. The van der Waals surface area contributed by atoms with Crippen molar-refractivity contribution < 1.29 is 14.6 Å². The van der Waals surface area contributed by atoms with Gasteiger partial charge in [-0.3, -0.25) is 0 Å². The van der Waals surface area contributed by atoms with Gasteiger partial charge in [0.15, 0.2) is 5.79 Å².